The Bertz CT molecular complexity index is 1150. The van der Waals surface area contributed by atoms with Gasteiger partial charge in [0.05, 0.1) is 5.02 Å². The lowest BCUT2D eigenvalue weighted by Crippen LogP contribution is -1.90. The summed E-state index contributed by atoms with van der Waals surface area (Å²) in [5.74, 6) is -0.891. The molecule has 27 heavy (non-hydrogen) atoms. The van der Waals surface area contributed by atoms with Crippen LogP contribution < -0.4 is 0 Å². The van der Waals surface area contributed by atoms with Crippen molar-refractivity contribution in [1.29, 1.82) is 0 Å². The molecule has 3 heteroatoms. The van der Waals surface area contributed by atoms with Gasteiger partial charge in [-0.15, -0.1) is 0 Å². The van der Waals surface area contributed by atoms with E-state index in [1.165, 1.54) is 17.7 Å². The maximum atomic E-state index is 15.2. The van der Waals surface area contributed by atoms with Crippen LogP contribution in [0.15, 0.2) is 60.7 Å². The van der Waals surface area contributed by atoms with Crippen LogP contribution in [0.2, 0.25) is 5.02 Å². The molecular formula is C24H19ClF2. The molecule has 0 bridgehead atoms. The van der Waals surface area contributed by atoms with E-state index in [2.05, 4.69) is 25.1 Å². The maximum Gasteiger partial charge on any atom is 0.142 e. The Morgan fingerprint density at radius 3 is 2.37 bits per heavy atom. The van der Waals surface area contributed by atoms with Gasteiger partial charge >= 0.3 is 0 Å². The summed E-state index contributed by atoms with van der Waals surface area (Å²) in [6.45, 7) is 2.18. The molecule has 0 N–H and O–H groups in total. The zero-order valence-corrected chi connectivity index (χ0v) is 15.8. The summed E-state index contributed by atoms with van der Waals surface area (Å²) in [6, 6.07) is 18.1. The molecule has 4 aromatic rings. The Balaban J connectivity index is 1.85. The van der Waals surface area contributed by atoms with Gasteiger partial charge in [0.2, 0.25) is 0 Å². The van der Waals surface area contributed by atoms with Crippen molar-refractivity contribution < 1.29 is 8.78 Å². The minimum absolute atomic E-state index is 0.0322. The fraction of sp³-hybridized carbons (Fsp3) is 0.167. The normalized spacial score (nSPS) is 11.4. The Kier molecular flexibility index (Phi) is 4.84. The highest BCUT2D eigenvalue weighted by Crippen LogP contribution is 2.34. The number of hydrogen-bond donors (Lipinski definition) is 0. The number of aryl methyl sites for hydroxylation is 1. The molecule has 4 aromatic carbocycles. The largest absolute Gasteiger partial charge is 0.206 e. The topological polar surface area (TPSA) is 0 Å². The van der Waals surface area contributed by atoms with Crippen LogP contribution in [0.4, 0.5) is 8.78 Å². The number of fused-ring (bicyclic) bond motifs is 3. The van der Waals surface area contributed by atoms with Crippen LogP contribution in [-0.2, 0) is 6.42 Å². The molecule has 0 saturated carbocycles. The van der Waals surface area contributed by atoms with Crippen LogP contribution in [0.1, 0.15) is 25.3 Å². The molecule has 0 radical (unpaired) electrons. The summed E-state index contributed by atoms with van der Waals surface area (Å²) in [5, 5.41) is 3.58. The van der Waals surface area contributed by atoms with Crippen molar-refractivity contribution >= 4 is 33.1 Å². The van der Waals surface area contributed by atoms with Crippen LogP contribution in [0, 0.1) is 11.6 Å². The number of hydrogen-bond acceptors (Lipinski definition) is 0. The first kappa shape index (κ1) is 17.9. The third-order valence-corrected chi connectivity index (χ3v) is 5.37. The molecule has 0 amide bonds. The first-order valence-corrected chi connectivity index (χ1v) is 9.55. The van der Waals surface area contributed by atoms with Gasteiger partial charge in [-0.25, -0.2) is 8.78 Å². The van der Waals surface area contributed by atoms with Gasteiger partial charge in [0.1, 0.15) is 11.6 Å². The minimum atomic E-state index is -0.549. The Morgan fingerprint density at radius 2 is 1.59 bits per heavy atom. The highest BCUT2D eigenvalue weighted by atomic mass is 35.5. The van der Waals surface area contributed by atoms with Gasteiger partial charge in [0.25, 0.3) is 0 Å². The standard InChI is InChI=1S/C24H19ClF2/c1-2-3-4-15-5-8-18-16(13-15)6-9-21-20(18)11-10-19(24(21)27)17-7-12-22(25)23(26)14-17/h5-14H,2-4H2,1H3. The molecule has 0 saturated heterocycles. The monoisotopic (exact) mass is 380 g/mol. The van der Waals surface area contributed by atoms with Crippen LogP contribution >= 0.6 is 11.6 Å². The first-order valence-electron chi connectivity index (χ1n) is 9.18. The second-order valence-electron chi connectivity index (χ2n) is 6.88. The van der Waals surface area contributed by atoms with Crippen LogP contribution in [0.25, 0.3) is 32.7 Å². The molecule has 0 unspecified atom stereocenters. The Hall–Kier alpha value is -2.45. The SMILES string of the molecule is CCCCc1ccc2c(ccc3c(F)c(-c4ccc(Cl)c(F)c4)ccc32)c1. The Labute approximate surface area is 162 Å². The molecule has 136 valence electrons. The zero-order chi connectivity index (χ0) is 19.0. The quantitative estimate of drug-likeness (QED) is 0.315. The third kappa shape index (κ3) is 3.30. The van der Waals surface area contributed by atoms with Crippen LogP contribution in [-0.4, -0.2) is 0 Å². The lowest BCUT2D eigenvalue weighted by atomic mass is 9.95. The second kappa shape index (κ2) is 7.28. The fourth-order valence-electron chi connectivity index (χ4n) is 3.58. The van der Waals surface area contributed by atoms with E-state index >= 15 is 4.39 Å². The van der Waals surface area contributed by atoms with Crippen molar-refractivity contribution in [1.82, 2.24) is 0 Å². The van der Waals surface area contributed by atoms with Gasteiger partial charge in [-0.2, -0.15) is 0 Å². The van der Waals surface area contributed by atoms with Crippen LogP contribution in [0.3, 0.4) is 0 Å². The van der Waals surface area contributed by atoms with Crippen molar-refractivity contribution in [2.24, 2.45) is 0 Å². The average molecular weight is 381 g/mol. The molecular weight excluding hydrogens is 362 g/mol. The summed E-state index contributed by atoms with van der Waals surface area (Å²) in [5.41, 5.74) is 2.15. The predicted molar refractivity (Wildman–Crippen MR) is 110 cm³/mol. The van der Waals surface area contributed by atoms with Gasteiger partial charge < -0.3 is 0 Å². The number of unbranched alkanes of at least 4 members (excludes halogenated alkanes) is 1. The minimum Gasteiger partial charge on any atom is -0.206 e. The van der Waals surface area contributed by atoms with E-state index in [1.54, 1.807) is 12.1 Å². The van der Waals surface area contributed by atoms with Crippen molar-refractivity contribution in [2.45, 2.75) is 26.2 Å². The van der Waals surface area contributed by atoms with Crippen molar-refractivity contribution in [2.75, 3.05) is 0 Å². The van der Waals surface area contributed by atoms with Gasteiger partial charge in [-0.05, 0) is 52.3 Å². The first-order chi connectivity index (χ1) is 13.1. The van der Waals surface area contributed by atoms with Gasteiger partial charge in [-0.3, -0.25) is 0 Å². The van der Waals surface area contributed by atoms with E-state index in [-0.39, 0.29) is 10.8 Å². The van der Waals surface area contributed by atoms with Gasteiger partial charge in [0.15, 0.2) is 0 Å². The van der Waals surface area contributed by atoms with E-state index in [0.717, 1.165) is 35.4 Å². The van der Waals surface area contributed by atoms with Gasteiger partial charge in [0, 0.05) is 10.9 Å². The molecule has 0 aliphatic rings. The van der Waals surface area contributed by atoms with Crippen molar-refractivity contribution in [3.05, 3.63) is 82.9 Å². The van der Waals surface area contributed by atoms with E-state index < -0.39 is 5.82 Å². The molecule has 0 aliphatic carbocycles. The summed E-state index contributed by atoms with van der Waals surface area (Å²) in [4.78, 5) is 0. The molecule has 0 aliphatic heterocycles. The van der Waals surface area contributed by atoms with Crippen molar-refractivity contribution in [3.63, 3.8) is 0 Å². The van der Waals surface area contributed by atoms with E-state index in [0.29, 0.717) is 16.5 Å². The zero-order valence-electron chi connectivity index (χ0n) is 15.0. The summed E-state index contributed by atoms with van der Waals surface area (Å²) < 4.78 is 29.0. The smallest absolute Gasteiger partial charge is 0.142 e. The Morgan fingerprint density at radius 1 is 0.815 bits per heavy atom. The third-order valence-electron chi connectivity index (χ3n) is 5.07. The highest BCUT2D eigenvalue weighted by Gasteiger charge is 2.13. The predicted octanol–water partition coefficient (Wildman–Crippen LogP) is 7.93. The highest BCUT2D eigenvalue weighted by molar-refractivity contribution is 6.30. The summed E-state index contributed by atoms with van der Waals surface area (Å²) in [6.07, 6.45) is 3.38. The molecule has 0 aromatic heterocycles. The van der Waals surface area contributed by atoms with Crippen LogP contribution in [0.5, 0.6) is 0 Å². The van der Waals surface area contributed by atoms with E-state index in [1.807, 2.05) is 18.2 Å². The van der Waals surface area contributed by atoms with Gasteiger partial charge in [-0.1, -0.05) is 73.5 Å². The molecule has 0 atom stereocenters. The fourth-order valence-corrected chi connectivity index (χ4v) is 3.70. The molecule has 0 heterocycles. The molecule has 0 fully saturated rings. The second-order valence-corrected chi connectivity index (χ2v) is 7.28. The van der Waals surface area contributed by atoms with Crippen molar-refractivity contribution in [3.8, 4) is 11.1 Å². The average Bonchev–Trinajstić information content (AvgIpc) is 2.68. The molecule has 0 spiro atoms. The maximum absolute atomic E-state index is 15.2. The summed E-state index contributed by atoms with van der Waals surface area (Å²) in [7, 11) is 0. The summed E-state index contributed by atoms with van der Waals surface area (Å²) >= 11 is 5.74. The van der Waals surface area contributed by atoms with E-state index in [9.17, 15) is 4.39 Å². The number of benzene rings is 4. The lowest BCUT2D eigenvalue weighted by Gasteiger charge is -2.11. The molecule has 4 rings (SSSR count). The van der Waals surface area contributed by atoms with E-state index in [4.69, 9.17) is 11.6 Å². The number of rotatable bonds is 4. The lowest BCUT2D eigenvalue weighted by molar-refractivity contribution is 0.627. The number of halogens is 3. The molecule has 0 nitrogen and oxygen atoms in total.